The van der Waals surface area contributed by atoms with E-state index in [1.165, 1.54) is 19.2 Å². The first-order chi connectivity index (χ1) is 8.54. The maximum absolute atomic E-state index is 13.6. The topological polar surface area (TPSA) is 26.3 Å². The summed E-state index contributed by atoms with van der Waals surface area (Å²) in [6.07, 6.45) is 1.16. The third-order valence-corrected chi connectivity index (χ3v) is 3.61. The van der Waals surface area contributed by atoms with Crippen molar-refractivity contribution < 1.29 is 13.9 Å². The highest BCUT2D eigenvalue weighted by Gasteiger charge is 2.12. The summed E-state index contributed by atoms with van der Waals surface area (Å²) in [6.45, 7) is 4.37. The van der Waals surface area contributed by atoms with E-state index in [9.17, 15) is 9.18 Å². The monoisotopic (exact) mass is 270 g/mol. The lowest BCUT2D eigenvalue weighted by Crippen LogP contribution is -2.04. The van der Waals surface area contributed by atoms with Gasteiger partial charge in [0.2, 0.25) is 0 Å². The molecule has 0 saturated heterocycles. The Labute approximate surface area is 112 Å². The quantitative estimate of drug-likeness (QED) is 0.579. The smallest absolute Gasteiger partial charge is 0.340 e. The Bertz CT molecular complexity index is 405. The fourth-order valence-electron chi connectivity index (χ4n) is 1.43. The molecule has 0 unspecified atom stereocenters. The van der Waals surface area contributed by atoms with Crippen molar-refractivity contribution in [3.63, 3.8) is 0 Å². The molecule has 1 aromatic carbocycles. The van der Waals surface area contributed by atoms with Crippen molar-refractivity contribution in [2.45, 2.75) is 26.0 Å². The summed E-state index contributed by atoms with van der Waals surface area (Å²) in [5.74, 6) is 1.38. The second-order valence-electron chi connectivity index (χ2n) is 4.54. The van der Waals surface area contributed by atoms with Crippen LogP contribution in [0.1, 0.15) is 36.2 Å². The average molecular weight is 270 g/mol. The first-order valence-corrected chi connectivity index (χ1v) is 7.14. The molecule has 2 nitrogen and oxygen atoms in total. The first kappa shape index (κ1) is 15.0. The van der Waals surface area contributed by atoms with Crippen LogP contribution in [0.2, 0.25) is 0 Å². The van der Waals surface area contributed by atoms with Crippen molar-refractivity contribution in [3.05, 3.63) is 35.1 Å². The van der Waals surface area contributed by atoms with Crippen LogP contribution in [0.15, 0.2) is 18.2 Å². The van der Waals surface area contributed by atoms with Gasteiger partial charge in [0.15, 0.2) is 0 Å². The summed E-state index contributed by atoms with van der Waals surface area (Å²) in [5, 5.41) is 0. The Morgan fingerprint density at radius 3 is 2.72 bits per heavy atom. The zero-order valence-electron chi connectivity index (χ0n) is 11.0. The molecule has 0 bridgehead atoms. The molecular weight excluding hydrogens is 251 g/mol. The summed E-state index contributed by atoms with van der Waals surface area (Å²) in [7, 11) is 1.25. The van der Waals surface area contributed by atoms with Crippen molar-refractivity contribution in [1.82, 2.24) is 0 Å². The molecule has 0 aliphatic heterocycles. The third-order valence-electron chi connectivity index (χ3n) is 2.55. The number of esters is 1. The number of ether oxygens (including phenoxy) is 1. The van der Waals surface area contributed by atoms with Crippen LogP contribution in [0.5, 0.6) is 0 Å². The fourth-order valence-corrected chi connectivity index (χ4v) is 2.63. The van der Waals surface area contributed by atoms with E-state index in [0.717, 1.165) is 23.5 Å². The van der Waals surface area contributed by atoms with E-state index in [4.69, 9.17) is 0 Å². The van der Waals surface area contributed by atoms with Gasteiger partial charge in [0, 0.05) is 5.75 Å². The average Bonchev–Trinajstić information content (AvgIpc) is 2.33. The number of methoxy groups -OCH3 is 1. The summed E-state index contributed by atoms with van der Waals surface area (Å²) in [6, 6.07) is 4.67. The van der Waals surface area contributed by atoms with Gasteiger partial charge in [-0.05, 0) is 35.8 Å². The first-order valence-electron chi connectivity index (χ1n) is 5.99. The maximum Gasteiger partial charge on any atom is 0.340 e. The molecule has 100 valence electrons. The van der Waals surface area contributed by atoms with Gasteiger partial charge in [-0.2, -0.15) is 11.8 Å². The highest BCUT2D eigenvalue weighted by molar-refractivity contribution is 7.98. The van der Waals surface area contributed by atoms with Gasteiger partial charge in [-0.25, -0.2) is 9.18 Å². The minimum atomic E-state index is -0.633. The van der Waals surface area contributed by atoms with Gasteiger partial charge < -0.3 is 4.74 Å². The number of halogens is 1. The second kappa shape index (κ2) is 7.41. The Morgan fingerprint density at radius 2 is 2.17 bits per heavy atom. The molecule has 0 heterocycles. The van der Waals surface area contributed by atoms with Crippen LogP contribution in [0.25, 0.3) is 0 Å². The highest BCUT2D eigenvalue weighted by Crippen LogP contribution is 2.18. The van der Waals surface area contributed by atoms with Crippen LogP contribution < -0.4 is 0 Å². The predicted molar refractivity (Wildman–Crippen MR) is 73.4 cm³/mol. The molecule has 0 atom stereocenters. The van der Waals surface area contributed by atoms with E-state index in [2.05, 4.69) is 18.6 Å². The normalized spacial score (nSPS) is 10.7. The number of hydrogen-bond donors (Lipinski definition) is 0. The van der Waals surface area contributed by atoms with E-state index < -0.39 is 11.8 Å². The number of carbonyl (C=O) groups is 1. The van der Waals surface area contributed by atoms with Crippen molar-refractivity contribution in [2.75, 3.05) is 12.9 Å². The molecule has 0 aliphatic carbocycles. The summed E-state index contributed by atoms with van der Waals surface area (Å²) >= 11 is 1.78. The molecule has 0 aliphatic rings. The van der Waals surface area contributed by atoms with Crippen LogP contribution in [-0.4, -0.2) is 18.8 Å². The predicted octanol–water partition coefficient (Wildman–Crippen LogP) is 3.89. The number of hydrogen-bond acceptors (Lipinski definition) is 3. The number of rotatable bonds is 6. The summed E-state index contributed by atoms with van der Waals surface area (Å²) < 4.78 is 18.1. The molecule has 0 fully saturated rings. The Hall–Kier alpha value is -1.03. The van der Waals surface area contributed by atoms with Gasteiger partial charge in [0.05, 0.1) is 12.7 Å². The van der Waals surface area contributed by atoms with E-state index in [-0.39, 0.29) is 5.56 Å². The van der Waals surface area contributed by atoms with Gasteiger partial charge in [0.25, 0.3) is 0 Å². The largest absolute Gasteiger partial charge is 0.465 e. The minimum absolute atomic E-state index is 0.00608. The molecule has 0 radical (unpaired) electrons. The lowest BCUT2D eigenvalue weighted by Gasteiger charge is -2.06. The number of thioether (sulfide) groups is 1. The maximum atomic E-state index is 13.6. The van der Waals surface area contributed by atoms with Crippen molar-refractivity contribution in [1.29, 1.82) is 0 Å². The van der Waals surface area contributed by atoms with Gasteiger partial charge >= 0.3 is 5.97 Å². The molecule has 0 N–H and O–H groups in total. The van der Waals surface area contributed by atoms with Crippen LogP contribution in [-0.2, 0) is 10.5 Å². The molecule has 0 spiro atoms. The van der Waals surface area contributed by atoms with Gasteiger partial charge in [-0.15, -0.1) is 0 Å². The van der Waals surface area contributed by atoms with E-state index in [1.807, 2.05) is 0 Å². The Kier molecular flexibility index (Phi) is 6.19. The van der Waals surface area contributed by atoms with Crippen molar-refractivity contribution in [2.24, 2.45) is 5.92 Å². The van der Waals surface area contributed by atoms with Gasteiger partial charge in [-0.1, -0.05) is 19.9 Å². The van der Waals surface area contributed by atoms with Crippen LogP contribution in [0.4, 0.5) is 4.39 Å². The fraction of sp³-hybridized carbons (Fsp3) is 0.500. The summed E-state index contributed by atoms with van der Waals surface area (Å²) in [5.41, 5.74) is 0.891. The standard InChI is InChI=1S/C14H19FO2S/c1-10(2)6-7-18-9-11-4-5-12(13(15)8-11)14(16)17-3/h4-5,8,10H,6-7,9H2,1-3H3. The summed E-state index contributed by atoms with van der Waals surface area (Å²) in [4.78, 5) is 11.2. The van der Waals surface area contributed by atoms with Crippen LogP contribution >= 0.6 is 11.8 Å². The second-order valence-corrected chi connectivity index (χ2v) is 5.65. The van der Waals surface area contributed by atoms with Gasteiger partial charge in [0.1, 0.15) is 5.82 Å². The molecule has 0 saturated carbocycles. The van der Waals surface area contributed by atoms with E-state index in [1.54, 1.807) is 17.8 Å². The number of carbonyl (C=O) groups excluding carboxylic acids is 1. The molecule has 0 aromatic heterocycles. The molecule has 1 rings (SSSR count). The molecule has 1 aromatic rings. The van der Waals surface area contributed by atoms with Crippen LogP contribution in [0, 0.1) is 11.7 Å². The Balaban J connectivity index is 2.54. The van der Waals surface area contributed by atoms with E-state index >= 15 is 0 Å². The van der Waals surface area contributed by atoms with Crippen LogP contribution in [0.3, 0.4) is 0 Å². The lowest BCUT2D eigenvalue weighted by atomic mass is 10.1. The highest BCUT2D eigenvalue weighted by atomic mass is 32.2. The zero-order chi connectivity index (χ0) is 13.5. The van der Waals surface area contributed by atoms with Crippen molar-refractivity contribution in [3.8, 4) is 0 Å². The lowest BCUT2D eigenvalue weighted by molar-refractivity contribution is 0.0595. The third kappa shape index (κ3) is 4.69. The van der Waals surface area contributed by atoms with E-state index in [0.29, 0.717) is 5.92 Å². The number of benzene rings is 1. The SMILES string of the molecule is COC(=O)c1ccc(CSCCC(C)C)cc1F. The molecule has 0 amide bonds. The molecule has 18 heavy (non-hydrogen) atoms. The molecule has 4 heteroatoms. The van der Waals surface area contributed by atoms with Crippen molar-refractivity contribution >= 4 is 17.7 Å². The van der Waals surface area contributed by atoms with Gasteiger partial charge in [-0.3, -0.25) is 0 Å². The Morgan fingerprint density at radius 1 is 1.44 bits per heavy atom. The minimum Gasteiger partial charge on any atom is -0.465 e. The zero-order valence-corrected chi connectivity index (χ0v) is 11.8. The molecular formula is C14H19FO2S.